The second kappa shape index (κ2) is 5.17. The molecule has 2 atom stereocenters. The normalized spacial score (nSPS) is 24.3. The van der Waals surface area contributed by atoms with Crippen LogP contribution in [0.4, 0.5) is 0 Å². The first-order chi connectivity index (χ1) is 9.25. The van der Waals surface area contributed by atoms with Crippen LogP contribution in [0.1, 0.15) is 49.7 Å². The zero-order valence-electron chi connectivity index (χ0n) is 11.0. The van der Waals surface area contributed by atoms with Crippen LogP contribution in [0.25, 0.3) is 11.4 Å². The monoisotopic (exact) mass is 262 g/mol. The molecule has 19 heavy (non-hydrogen) atoms. The van der Waals surface area contributed by atoms with Gasteiger partial charge in [0.05, 0.1) is 23.8 Å². The lowest BCUT2D eigenvalue weighted by atomic mass is 9.97. The van der Waals surface area contributed by atoms with Gasteiger partial charge >= 0.3 is 0 Å². The smallest absolute Gasteiger partial charge is 0.232 e. The van der Waals surface area contributed by atoms with E-state index in [1.165, 1.54) is 0 Å². The SMILES string of the molecule is Cc1occc1-c1noc(C2CCCCCC2O)n1. The molecule has 5 nitrogen and oxygen atoms in total. The van der Waals surface area contributed by atoms with E-state index in [1.807, 2.05) is 13.0 Å². The Bertz CT molecular complexity index is 546. The molecule has 3 rings (SSSR count). The molecular formula is C14H18N2O3. The van der Waals surface area contributed by atoms with Crippen LogP contribution in [0.2, 0.25) is 0 Å². The van der Waals surface area contributed by atoms with Gasteiger partial charge in [-0.25, -0.2) is 0 Å². The van der Waals surface area contributed by atoms with Gasteiger partial charge in [0.15, 0.2) is 0 Å². The van der Waals surface area contributed by atoms with Crippen LogP contribution in [0.5, 0.6) is 0 Å². The van der Waals surface area contributed by atoms with Crippen LogP contribution in [-0.4, -0.2) is 21.4 Å². The number of furan rings is 1. The number of rotatable bonds is 2. The van der Waals surface area contributed by atoms with Gasteiger partial charge in [-0.3, -0.25) is 0 Å². The van der Waals surface area contributed by atoms with Crippen molar-refractivity contribution in [3.8, 4) is 11.4 Å². The molecule has 0 radical (unpaired) electrons. The second-order valence-corrected chi connectivity index (χ2v) is 5.16. The number of hydrogen-bond donors (Lipinski definition) is 1. The van der Waals surface area contributed by atoms with Crippen molar-refractivity contribution in [3.63, 3.8) is 0 Å². The van der Waals surface area contributed by atoms with Crippen LogP contribution >= 0.6 is 0 Å². The maximum absolute atomic E-state index is 10.2. The summed E-state index contributed by atoms with van der Waals surface area (Å²) in [6, 6.07) is 1.83. The minimum absolute atomic E-state index is 0.0315. The highest BCUT2D eigenvalue weighted by Crippen LogP contribution is 2.32. The van der Waals surface area contributed by atoms with E-state index in [4.69, 9.17) is 8.94 Å². The number of aliphatic hydroxyl groups excluding tert-OH is 1. The molecule has 0 amide bonds. The van der Waals surface area contributed by atoms with E-state index in [-0.39, 0.29) is 12.0 Å². The summed E-state index contributed by atoms with van der Waals surface area (Å²) in [6.45, 7) is 1.87. The maximum atomic E-state index is 10.2. The minimum Gasteiger partial charge on any atom is -0.469 e. The standard InChI is InChI=1S/C14H18N2O3/c1-9-10(7-8-18-9)13-15-14(19-16-13)11-5-3-2-4-6-12(11)17/h7-8,11-12,17H,2-6H2,1H3. The summed E-state index contributed by atoms with van der Waals surface area (Å²) in [5.41, 5.74) is 0.845. The van der Waals surface area contributed by atoms with E-state index in [1.54, 1.807) is 6.26 Å². The fraction of sp³-hybridized carbons (Fsp3) is 0.571. The third kappa shape index (κ3) is 2.42. The van der Waals surface area contributed by atoms with Crippen molar-refractivity contribution in [2.75, 3.05) is 0 Å². The summed E-state index contributed by atoms with van der Waals surface area (Å²) in [5.74, 6) is 1.83. The Hall–Kier alpha value is -1.62. The zero-order valence-corrected chi connectivity index (χ0v) is 11.0. The minimum atomic E-state index is -0.374. The van der Waals surface area contributed by atoms with Crippen molar-refractivity contribution in [1.29, 1.82) is 0 Å². The Morgan fingerprint density at radius 3 is 2.89 bits per heavy atom. The predicted octanol–water partition coefficient (Wildman–Crippen LogP) is 3.05. The molecule has 0 spiro atoms. The molecule has 1 aliphatic rings. The molecule has 1 fully saturated rings. The summed E-state index contributed by atoms with van der Waals surface area (Å²) in [7, 11) is 0. The lowest BCUT2D eigenvalue weighted by Gasteiger charge is -2.15. The third-order valence-corrected chi connectivity index (χ3v) is 3.84. The summed E-state index contributed by atoms with van der Waals surface area (Å²) in [4.78, 5) is 4.43. The van der Waals surface area contributed by atoms with Gasteiger partial charge in [0.2, 0.25) is 11.7 Å². The van der Waals surface area contributed by atoms with E-state index < -0.39 is 0 Å². The number of nitrogens with zero attached hydrogens (tertiary/aromatic N) is 2. The largest absolute Gasteiger partial charge is 0.469 e. The molecule has 2 unspecified atom stereocenters. The summed E-state index contributed by atoms with van der Waals surface area (Å²) < 4.78 is 10.6. The quantitative estimate of drug-likeness (QED) is 0.842. The molecule has 0 saturated heterocycles. The van der Waals surface area contributed by atoms with Crippen molar-refractivity contribution < 1.29 is 14.0 Å². The lowest BCUT2D eigenvalue weighted by Crippen LogP contribution is -2.17. The number of aryl methyl sites for hydroxylation is 1. The van der Waals surface area contributed by atoms with Crippen LogP contribution < -0.4 is 0 Å². The summed E-state index contributed by atoms with van der Waals surface area (Å²) in [6.07, 6.45) is 6.29. The van der Waals surface area contributed by atoms with Crippen molar-refractivity contribution in [3.05, 3.63) is 24.0 Å². The van der Waals surface area contributed by atoms with E-state index in [2.05, 4.69) is 10.1 Å². The summed E-state index contributed by atoms with van der Waals surface area (Å²) >= 11 is 0. The molecule has 0 aliphatic heterocycles. The Labute approximate surface area is 111 Å². The van der Waals surface area contributed by atoms with Crippen molar-refractivity contribution >= 4 is 0 Å². The summed E-state index contributed by atoms with van der Waals surface area (Å²) in [5, 5.41) is 14.2. The van der Waals surface area contributed by atoms with Crippen LogP contribution in [-0.2, 0) is 0 Å². The Balaban J connectivity index is 1.86. The van der Waals surface area contributed by atoms with Gasteiger partial charge in [-0.1, -0.05) is 24.4 Å². The van der Waals surface area contributed by atoms with E-state index in [9.17, 15) is 5.11 Å². The highest BCUT2D eigenvalue weighted by Gasteiger charge is 2.28. The molecule has 0 bridgehead atoms. The number of hydrogen-bond acceptors (Lipinski definition) is 5. The first kappa shape index (κ1) is 12.4. The van der Waals surface area contributed by atoms with Crippen molar-refractivity contribution in [2.45, 2.75) is 51.0 Å². The fourth-order valence-electron chi connectivity index (χ4n) is 2.69. The van der Waals surface area contributed by atoms with Gasteiger partial charge in [0, 0.05) is 0 Å². The molecule has 2 heterocycles. The van der Waals surface area contributed by atoms with Crippen LogP contribution in [0.3, 0.4) is 0 Å². The molecule has 1 N–H and O–H groups in total. The van der Waals surface area contributed by atoms with Crippen LogP contribution in [0.15, 0.2) is 21.3 Å². The van der Waals surface area contributed by atoms with E-state index >= 15 is 0 Å². The molecule has 2 aromatic heterocycles. The highest BCUT2D eigenvalue weighted by atomic mass is 16.5. The molecule has 0 aromatic carbocycles. The molecule has 1 saturated carbocycles. The Morgan fingerprint density at radius 2 is 2.11 bits per heavy atom. The number of aliphatic hydroxyl groups is 1. The van der Waals surface area contributed by atoms with Crippen molar-refractivity contribution in [1.82, 2.24) is 10.1 Å². The lowest BCUT2D eigenvalue weighted by molar-refractivity contribution is 0.119. The molecule has 1 aliphatic carbocycles. The van der Waals surface area contributed by atoms with E-state index in [0.29, 0.717) is 11.7 Å². The highest BCUT2D eigenvalue weighted by molar-refractivity contribution is 5.56. The third-order valence-electron chi connectivity index (χ3n) is 3.84. The van der Waals surface area contributed by atoms with Gasteiger partial charge in [-0.2, -0.15) is 4.98 Å². The molecule has 102 valence electrons. The van der Waals surface area contributed by atoms with Gasteiger partial charge in [0.25, 0.3) is 0 Å². The Morgan fingerprint density at radius 1 is 1.26 bits per heavy atom. The molecular weight excluding hydrogens is 244 g/mol. The zero-order chi connectivity index (χ0) is 13.2. The second-order valence-electron chi connectivity index (χ2n) is 5.16. The molecule has 2 aromatic rings. The predicted molar refractivity (Wildman–Crippen MR) is 68.6 cm³/mol. The van der Waals surface area contributed by atoms with Crippen LogP contribution in [0, 0.1) is 6.92 Å². The van der Waals surface area contributed by atoms with Gasteiger partial charge < -0.3 is 14.0 Å². The van der Waals surface area contributed by atoms with Crippen molar-refractivity contribution in [2.24, 2.45) is 0 Å². The fourth-order valence-corrected chi connectivity index (χ4v) is 2.69. The first-order valence-corrected chi connectivity index (χ1v) is 6.82. The average Bonchev–Trinajstić information content (AvgIpc) is 2.97. The van der Waals surface area contributed by atoms with E-state index in [0.717, 1.165) is 43.4 Å². The van der Waals surface area contributed by atoms with Gasteiger partial charge in [-0.05, 0) is 25.8 Å². The van der Waals surface area contributed by atoms with Gasteiger partial charge in [0.1, 0.15) is 5.76 Å². The number of aromatic nitrogens is 2. The Kier molecular flexibility index (Phi) is 3.38. The molecule has 5 heteroatoms. The first-order valence-electron chi connectivity index (χ1n) is 6.82. The topological polar surface area (TPSA) is 72.3 Å². The average molecular weight is 262 g/mol. The van der Waals surface area contributed by atoms with Gasteiger partial charge in [-0.15, -0.1) is 0 Å². The maximum Gasteiger partial charge on any atom is 0.232 e.